The van der Waals surface area contributed by atoms with Gasteiger partial charge in [0, 0.05) is 16.3 Å². The molecule has 1 heterocycles. The van der Waals surface area contributed by atoms with Crippen molar-refractivity contribution in [2.75, 3.05) is 5.32 Å². The van der Waals surface area contributed by atoms with E-state index in [1.807, 2.05) is 56.3 Å². The number of H-pyrrole nitrogens is 1. The van der Waals surface area contributed by atoms with E-state index in [-0.39, 0.29) is 11.2 Å². The van der Waals surface area contributed by atoms with Crippen LogP contribution in [0, 0.1) is 6.92 Å². The van der Waals surface area contributed by atoms with E-state index in [2.05, 4.69) is 20.5 Å². The molecule has 0 aliphatic rings. The number of hydrogen-bond acceptors (Lipinski definition) is 4. The zero-order valence-corrected chi connectivity index (χ0v) is 15.4. The van der Waals surface area contributed by atoms with Crippen molar-refractivity contribution in [3.05, 3.63) is 59.1 Å². The van der Waals surface area contributed by atoms with Gasteiger partial charge in [-0.1, -0.05) is 59.8 Å². The molecule has 0 spiro atoms. The summed E-state index contributed by atoms with van der Waals surface area (Å²) >= 11 is 7.38. The molecule has 0 radical (unpaired) electrons. The molecule has 0 saturated heterocycles. The molecule has 3 aromatic rings. The van der Waals surface area contributed by atoms with Gasteiger partial charge in [0.2, 0.25) is 11.1 Å². The van der Waals surface area contributed by atoms with Crippen LogP contribution in [0.1, 0.15) is 12.5 Å². The Bertz CT molecular complexity index is 882. The Morgan fingerprint density at radius 3 is 2.72 bits per heavy atom. The number of hydrogen-bond donors (Lipinski definition) is 2. The van der Waals surface area contributed by atoms with Crippen molar-refractivity contribution in [3.8, 4) is 11.4 Å². The van der Waals surface area contributed by atoms with Crippen LogP contribution in [0.15, 0.2) is 53.7 Å². The van der Waals surface area contributed by atoms with E-state index in [0.717, 1.165) is 11.1 Å². The van der Waals surface area contributed by atoms with Crippen molar-refractivity contribution in [3.63, 3.8) is 0 Å². The molecule has 128 valence electrons. The van der Waals surface area contributed by atoms with E-state index in [1.54, 1.807) is 6.07 Å². The largest absolute Gasteiger partial charge is 0.325 e. The standard InChI is InChI=1S/C18H17ClN4OS/c1-11-14(19)9-6-10-15(11)20-17(24)12(2)25-18-21-16(22-23-18)13-7-4-3-5-8-13/h3-10,12H,1-2H3,(H,20,24)(H,21,22,23)/t12-/m1/s1. The molecule has 1 aromatic heterocycles. The van der Waals surface area contributed by atoms with Gasteiger partial charge >= 0.3 is 0 Å². The number of aromatic amines is 1. The lowest BCUT2D eigenvalue weighted by atomic mass is 10.2. The molecular weight excluding hydrogens is 356 g/mol. The van der Waals surface area contributed by atoms with Crippen LogP contribution in [0.3, 0.4) is 0 Å². The topological polar surface area (TPSA) is 70.7 Å². The summed E-state index contributed by atoms with van der Waals surface area (Å²) in [4.78, 5) is 16.9. The predicted octanol–water partition coefficient (Wildman–Crippen LogP) is 4.55. The molecule has 1 atom stereocenters. The number of rotatable bonds is 5. The van der Waals surface area contributed by atoms with E-state index < -0.39 is 0 Å². The Kier molecular flexibility index (Phi) is 5.40. The zero-order valence-electron chi connectivity index (χ0n) is 13.8. The normalized spacial score (nSPS) is 12.0. The van der Waals surface area contributed by atoms with Crippen molar-refractivity contribution in [2.45, 2.75) is 24.3 Å². The Labute approximate surface area is 155 Å². The first-order chi connectivity index (χ1) is 12.0. The van der Waals surface area contributed by atoms with Crippen LogP contribution in [-0.2, 0) is 4.79 Å². The molecule has 2 N–H and O–H groups in total. The quantitative estimate of drug-likeness (QED) is 0.644. The summed E-state index contributed by atoms with van der Waals surface area (Å²) in [6.45, 7) is 3.69. The minimum atomic E-state index is -0.349. The Morgan fingerprint density at radius 2 is 1.96 bits per heavy atom. The van der Waals surface area contributed by atoms with Gasteiger partial charge in [-0.15, -0.1) is 5.10 Å². The molecule has 1 amide bonds. The molecule has 0 unspecified atom stereocenters. The van der Waals surface area contributed by atoms with E-state index in [9.17, 15) is 4.79 Å². The molecule has 0 bridgehead atoms. The number of benzene rings is 2. The van der Waals surface area contributed by atoms with Crippen LogP contribution in [0.25, 0.3) is 11.4 Å². The van der Waals surface area contributed by atoms with Crippen molar-refractivity contribution in [1.82, 2.24) is 15.2 Å². The number of carbonyl (C=O) groups is 1. The number of nitrogens with zero attached hydrogens (tertiary/aromatic N) is 2. The van der Waals surface area contributed by atoms with Crippen molar-refractivity contribution < 1.29 is 4.79 Å². The lowest BCUT2D eigenvalue weighted by molar-refractivity contribution is -0.115. The Morgan fingerprint density at radius 1 is 1.20 bits per heavy atom. The van der Waals surface area contributed by atoms with Crippen molar-refractivity contribution in [2.24, 2.45) is 0 Å². The summed E-state index contributed by atoms with van der Waals surface area (Å²) < 4.78 is 0. The summed E-state index contributed by atoms with van der Waals surface area (Å²) in [6, 6.07) is 15.2. The molecule has 25 heavy (non-hydrogen) atoms. The number of amides is 1. The summed E-state index contributed by atoms with van der Waals surface area (Å²) in [5.74, 6) is 0.558. The van der Waals surface area contributed by atoms with E-state index >= 15 is 0 Å². The van der Waals surface area contributed by atoms with E-state index in [0.29, 0.717) is 21.7 Å². The molecule has 3 rings (SSSR count). The van der Waals surface area contributed by atoms with Crippen LogP contribution in [-0.4, -0.2) is 26.3 Å². The van der Waals surface area contributed by atoms with Gasteiger partial charge in [-0.3, -0.25) is 9.89 Å². The zero-order chi connectivity index (χ0) is 17.8. The van der Waals surface area contributed by atoms with Gasteiger partial charge in [0.25, 0.3) is 0 Å². The van der Waals surface area contributed by atoms with Gasteiger partial charge in [0.15, 0.2) is 5.82 Å². The van der Waals surface area contributed by atoms with Gasteiger partial charge in [-0.05, 0) is 31.5 Å². The Hall–Kier alpha value is -2.31. The average Bonchev–Trinajstić information content (AvgIpc) is 3.08. The fourth-order valence-electron chi connectivity index (χ4n) is 2.21. The first kappa shape index (κ1) is 17.5. The Balaban J connectivity index is 1.66. The highest BCUT2D eigenvalue weighted by Crippen LogP contribution is 2.26. The molecule has 0 saturated carbocycles. The molecular formula is C18H17ClN4OS. The summed E-state index contributed by atoms with van der Waals surface area (Å²) in [6.07, 6.45) is 0. The summed E-state index contributed by atoms with van der Waals surface area (Å²) in [5, 5.41) is 10.8. The van der Waals surface area contributed by atoms with Gasteiger partial charge in [-0.25, -0.2) is 4.98 Å². The third-order valence-corrected chi connectivity index (χ3v) is 5.06. The van der Waals surface area contributed by atoms with Crippen molar-refractivity contribution >= 4 is 35.0 Å². The molecule has 0 aliphatic heterocycles. The van der Waals surface area contributed by atoms with Crippen LogP contribution in [0.4, 0.5) is 5.69 Å². The maximum atomic E-state index is 12.4. The average molecular weight is 373 g/mol. The minimum absolute atomic E-state index is 0.124. The molecule has 0 aliphatic carbocycles. The monoisotopic (exact) mass is 372 g/mol. The number of carbonyl (C=O) groups excluding carboxylic acids is 1. The number of aromatic nitrogens is 3. The summed E-state index contributed by atoms with van der Waals surface area (Å²) in [7, 11) is 0. The fraction of sp³-hybridized carbons (Fsp3) is 0.167. The first-order valence-electron chi connectivity index (χ1n) is 7.75. The first-order valence-corrected chi connectivity index (χ1v) is 9.01. The van der Waals surface area contributed by atoms with Crippen LogP contribution >= 0.6 is 23.4 Å². The number of halogens is 1. The third kappa shape index (κ3) is 4.21. The van der Waals surface area contributed by atoms with Crippen LogP contribution in [0.2, 0.25) is 5.02 Å². The van der Waals surface area contributed by atoms with E-state index in [1.165, 1.54) is 11.8 Å². The highest BCUT2D eigenvalue weighted by Gasteiger charge is 2.18. The smallest absolute Gasteiger partial charge is 0.237 e. The number of nitrogens with one attached hydrogen (secondary N) is 2. The third-order valence-electron chi connectivity index (χ3n) is 3.69. The maximum Gasteiger partial charge on any atom is 0.237 e. The van der Waals surface area contributed by atoms with E-state index in [4.69, 9.17) is 11.6 Å². The highest BCUT2D eigenvalue weighted by molar-refractivity contribution is 8.00. The second kappa shape index (κ2) is 7.72. The van der Waals surface area contributed by atoms with Crippen LogP contribution in [0.5, 0.6) is 0 Å². The van der Waals surface area contributed by atoms with Gasteiger partial charge in [0.1, 0.15) is 0 Å². The number of thioether (sulfide) groups is 1. The van der Waals surface area contributed by atoms with Gasteiger partial charge < -0.3 is 5.32 Å². The second-order valence-electron chi connectivity index (χ2n) is 5.49. The molecule has 0 fully saturated rings. The second-order valence-corrected chi connectivity index (χ2v) is 7.21. The van der Waals surface area contributed by atoms with Crippen LogP contribution < -0.4 is 5.32 Å². The van der Waals surface area contributed by atoms with Gasteiger partial charge in [-0.2, -0.15) is 0 Å². The van der Waals surface area contributed by atoms with Gasteiger partial charge in [0.05, 0.1) is 5.25 Å². The molecule has 2 aromatic carbocycles. The molecule has 7 heteroatoms. The summed E-state index contributed by atoms with van der Waals surface area (Å²) in [5.41, 5.74) is 2.51. The minimum Gasteiger partial charge on any atom is -0.325 e. The lowest BCUT2D eigenvalue weighted by Crippen LogP contribution is -2.23. The molecule has 5 nitrogen and oxygen atoms in total. The predicted molar refractivity (Wildman–Crippen MR) is 102 cm³/mol. The maximum absolute atomic E-state index is 12.4. The fourth-order valence-corrected chi connectivity index (χ4v) is 3.11. The lowest BCUT2D eigenvalue weighted by Gasteiger charge is -2.12. The number of anilines is 1. The SMILES string of the molecule is Cc1c(Cl)cccc1NC(=O)[C@@H](C)Sc1n[nH]c(-c2ccccc2)n1. The van der Waals surface area contributed by atoms with Crippen molar-refractivity contribution in [1.29, 1.82) is 0 Å². The highest BCUT2D eigenvalue weighted by atomic mass is 35.5.